The molecule has 0 unspecified atom stereocenters. The maximum atomic E-state index is 13.8. The number of carbonyl (C=O) groups is 1. The number of ether oxygens (including phenoxy) is 1. The molecule has 2 rings (SSSR count). The number of carboxylic acid groups (broad SMARTS) is 1. The quantitative estimate of drug-likeness (QED) is 0.668. The first-order valence-electron chi connectivity index (χ1n) is 5.77. The van der Waals surface area contributed by atoms with E-state index in [2.05, 4.69) is 0 Å². The van der Waals surface area contributed by atoms with Crippen molar-refractivity contribution in [3.8, 4) is 0 Å². The Morgan fingerprint density at radius 2 is 2.32 bits per heavy atom. The zero-order valence-corrected chi connectivity index (χ0v) is 11.2. The van der Waals surface area contributed by atoms with Crippen molar-refractivity contribution in [3.05, 3.63) is 46.6 Å². The Labute approximate surface area is 113 Å². The van der Waals surface area contributed by atoms with Crippen molar-refractivity contribution in [2.75, 3.05) is 6.61 Å². The number of thiophene rings is 1. The van der Waals surface area contributed by atoms with Gasteiger partial charge >= 0.3 is 5.97 Å². The maximum Gasteiger partial charge on any atom is 0.346 e. The molecule has 0 saturated carbocycles. The summed E-state index contributed by atoms with van der Waals surface area (Å²) >= 11 is 1.07. The Balaban J connectivity index is 2.42. The fourth-order valence-electron chi connectivity index (χ4n) is 1.80. The number of hydrogen-bond donors (Lipinski definition) is 1. The summed E-state index contributed by atoms with van der Waals surface area (Å²) in [5.41, 5.74) is 0.412. The number of fused-ring (bicyclic) bond motifs is 1. The van der Waals surface area contributed by atoms with Gasteiger partial charge in [0.1, 0.15) is 10.7 Å². The van der Waals surface area contributed by atoms with E-state index in [9.17, 15) is 14.3 Å². The molecule has 1 aromatic carbocycles. The molecule has 0 saturated heterocycles. The summed E-state index contributed by atoms with van der Waals surface area (Å²) in [6.45, 7) is 2.33. The van der Waals surface area contributed by atoms with Crippen LogP contribution >= 0.6 is 11.3 Å². The molecule has 0 aliphatic rings. The normalized spacial score (nSPS) is 11.5. The highest BCUT2D eigenvalue weighted by atomic mass is 32.1. The minimum Gasteiger partial charge on any atom is -0.477 e. The van der Waals surface area contributed by atoms with Gasteiger partial charge in [-0.05, 0) is 19.1 Å². The number of halogens is 1. The number of rotatable bonds is 5. The molecule has 1 N–H and O–H groups in total. The van der Waals surface area contributed by atoms with Gasteiger partial charge in [-0.25, -0.2) is 9.18 Å². The van der Waals surface area contributed by atoms with Crippen molar-refractivity contribution in [1.82, 2.24) is 0 Å². The number of benzene rings is 1. The van der Waals surface area contributed by atoms with E-state index in [1.165, 1.54) is 6.07 Å². The molecular formula is C14H13FO3S. The first-order chi connectivity index (χ1) is 9.15. The van der Waals surface area contributed by atoms with Crippen LogP contribution in [-0.2, 0) is 11.3 Å². The highest BCUT2D eigenvalue weighted by Crippen LogP contribution is 2.33. The zero-order valence-electron chi connectivity index (χ0n) is 10.4. The molecule has 3 nitrogen and oxygen atoms in total. The van der Waals surface area contributed by atoms with E-state index in [0.29, 0.717) is 22.3 Å². The van der Waals surface area contributed by atoms with E-state index in [4.69, 9.17) is 4.74 Å². The average Bonchev–Trinajstić information content (AvgIpc) is 2.75. The van der Waals surface area contributed by atoms with E-state index >= 15 is 0 Å². The second kappa shape index (κ2) is 5.95. The Morgan fingerprint density at radius 1 is 1.53 bits per heavy atom. The number of allylic oxidation sites excluding steroid dienone is 1. The van der Waals surface area contributed by atoms with Crippen molar-refractivity contribution in [3.63, 3.8) is 0 Å². The standard InChI is InChI=1S/C14H13FO3S/c1-2-3-7-18-8-9-12-10(15)5-4-6-11(12)19-13(9)14(16)17/h2-6H,7-8H2,1H3,(H,16,17). The van der Waals surface area contributed by atoms with Crippen LogP contribution < -0.4 is 0 Å². The average molecular weight is 280 g/mol. The smallest absolute Gasteiger partial charge is 0.346 e. The van der Waals surface area contributed by atoms with Crippen LogP contribution in [0.1, 0.15) is 22.2 Å². The minimum absolute atomic E-state index is 0.0902. The van der Waals surface area contributed by atoms with Gasteiger partial charge < -0.3 is 9.84 Å². The van der Waals surface area contributed by atoms with Gasteiger partial charge in [0, 0.05) is 15.6 Å². The lowest BCUT2D eigenvalue weighted by Gasteiger charge is -2.03. The number of carboxylic acids is 1. The van der Waals surface area contributed by atoms with Crippen LogP contribution in [0.5, 0.6) is 0 Å². The van der Waals surface area contributed by atoms with Crippen molar-refractivity contribution in [2.24, 2.45) is 0 Å². The molecule has 0 radical (unpaired) electrons. The second-order valence-electron chi connectivity index (χ2n) is 3.91. The summed E-state index contributed by atoms with van der Waals surface area (Å²) in [5.74, 6) is -1.46. The highest BCUT2D eigenvalue weighted by Gasteiger charge is 2.19. The number of aromatic carboxylic acids is 1. The Morgan fingerprint density at radius 3 is 3.00 bits per heavy atom. The lowest BCUT2D eigenvalue weighted by atomic mass is 10.1. The van der Waals surface area contributed by atoms with Crippen molar-refractivity contribution < 1.29 is 19.0 Å². The zero-order chi connectivity index (χ0) is 13.8. The molecule has 19 heavy (non-hydrogen) atoms. The van der Waals surface area contributed by atoms with Gasteiger partial charge in [0.15, 0.2) is 0 Å². The Kier molecular flexibility index (Phi) is 4.29. The molecule has 100 valence electrons. The molecule has 1 aromatic heterocycles. The molecule has 2 aromatic rings. The molecule has 0 bridgehead atoms. The van der Waals surface area contributed by atoms with Gasteiger partial charge in [-0.3, -0.25) is 0 Å². The third-order valence-corrected chi connectivity index (χ3v) is 3.84. The van der Waals surface area contributed by atoms with Crippen molar-refractivity contribution >= 4 is 27.4 Å². The van der Waals surface area contributed by atoms with Crippen LogP contribution in [-0.4, -0.2) is 17.7 Å². The van der Waals surface area contributed by atoms with Gasteiger partial charge in [0.2, 0.25) is 0 Å². The predicted molar refractivity (Wildman–Crippen MR) is 73.2 cm³/mol. The summed E-state index contributed by atoms with van der Waals surface area (Å²) in [4.78, 5) is 11.3. The summed E-state index contributed by atoms with van der Waals surface area (Å²) in [6.07, 6.45) is 3.65. The molecular weight excluding hydrogens is 267 g/mol. The molecule has 0 atom stereocenters. The van der Waals surface area contributed by atoms with Crippen LogP contribution in [0.3, 0.4) is 0 Å². The van der Waals surface area contributed by atoms with Gasteiger partial charge in [0.25, 0.3) is 0 Å². The second-order valence-corrected chi connectivity index (χ2v) is 4.96. The van der Waals surface area contributed by atoms with Crippen LogP contribution in [0.25, 0.3) is 10.1 Å². The first kappa shape index (κ1) is 13.7. The summed E-state index contributed by atoms with van der Waals surface area (Å²) in [6, 6.07) is 4.62. The molecule has 0 fully saturated rings. The first-order valence-corrected chi connectivity index (χ1v) is 6.59. The molecule has 0 aliphatic carbocycles. The third-order valence-electron chi connectivity index (χ3n) is 2.65. The topological polar surface area (TPSA) is 46.5 Å². The Bertz CT molecular complexity index is 631. The van der Waals surface area contributed by atoms with E-state index in [1.54, 1.807) is 12.1 Å². The van der Waals surface area contributed by atoms with Crippen LogP contribution in [0.2, 0.25) is 0 Å². The molecule has 0 spiro atoms. The lowest BCUT2D eigenvalue weighted by Crippen LogP contribution is -2.01. The van der Waals surface area contributed by atoms with Crippen LogP contribution in [0.15, 0.2) is 30.4 Å². The van der Waals surface area contributed by atoms with E-state index in [-0.39, 0.29) is 11.5 Å². The fraction of sp³-hybridized carbons (Fsp3) is 0.214. The summed E-state index contributed by atoms with van der Waals surface area (Å²) in [7, 11) is 0. The van der Waals surface area contributed by atoms with Crippen LogP contribution in [0.4, 0.5) is 4.39 Å². The van der Waals surface area contributed by atoms with Gasteiger partial charge in [-0.1, -0.05) is 18.2 Å². The monoisotopic (exact) mass is 280 g/mol. The predicted octanol–water partition coefficient (Wildman–Crippen LogP) is 3.83. The molecule has 5 heteroatoms. The van der Waals surface area contributed by atoms with Crippen molar-refractivity contribution in [2.45, 2.75) is 13.5 Å². The van der Waals surface area contributed by atoms with E-state index in [0.717, 1.165) is 11.3 Å². The van der Waals surface area contributed by atoms with E-state index in [1.807, 2.05) is 19.1 Å². The molecule has 1 heterocycles. The molecule has 0 amide bonds. The van der Waals surface area contributed by atoms with Gasteiger partial charge in [-0.15, -0.1) is 11.3 Å². The van der Waals surface area contributed by atoms with Crippen molar-refractivity contribution in [1.29, 1.82) is 0 Å². The van der Waals surface area contributed by atoms with E-state index < -0.39 is 11.8 Å². The number of hydrogen-bond acceptors (Lipinski definition) is 3. The highest BCUT2D eigenvalue weighted by molar-refractivity contribution is 7.21. The molecule has 0 aliphatic heterocycles. The van der Waals surface area contributed by atoms with Crippen LogP contribution in [0, 0.1) is 5.82 Å². The fourth-order valence-corrected chi connectivity index (χ4v) is 2.86. The van der Waals surface area contributed by atoms with Gasteiger partial charge in [0.05, 0.1) is 13.2 Å². The Hall–Kier alpha value is -1.72. The van der Waals surface area contributed by atoms with Gasteiger partial charge in [-0.2, -0.15) is 0 Å². The summed E-state index contributed by atoms with van der Waals surface area (Å²) < 4.78 is 19.8. The lowest BCUT2D eigenvalue weighted by molar-refractivity contribution is 0.0696. The summed E-state index contributed by atoms with van der Waals surface area (Å²) in [5, 5.41) is 9.53. The SMILES string of the molecule is CC=CCOCc1c(C(=O)O)sc2cccc(F)c12. The maximum absolute atomic E-state index is 13.8. The third kappa shape index (κ3) is 2.83. The minimum atomic E-state index is -1.05. The largest absolute Gasteiger partial charge is 0.477 e.